The molecule has 0 radical (unpaired) electrons. The number of benzene rings is 2. The fraction of sp³-hybridized carbons (Fsp3) is 0.381. The van der Waals surface area contributed by atoms with Crippen molar-refractivity contribution in [1.29, 1.82) is 0 Å². The van der Waals surface area contributed by atoms with Crippen molar-refractivity contribution in [1.82, 2.24) is 5.32 Å². The van der Waals surface area contributed by atoms with Gasteiger partial charge in [-0.25, -0.2) is 0 Å². The molecule has 0 spiro atoms. The second kappa shape index (κ2) is 5.80. The number of hydrogen-bond acceptors (Lipinski definition) is 3. The minimum Gasteiger partial charge on any atom is -0.508 e. The summed E-state index contributed by atoms with van der Waals surface area (Å²) >= 11 is 0. The first-order valence-electron chi connectivity index (χ1n) is 8.82. The average molecular weight is 337 g/mol. The highest BCUT2D eigenvalue weighted by Gasteiger charge is 2.52. The molecule has 25 heavy (non-hydrogen) atoms. The van der Waals surface area contributed by atoms with Crippen LogP contribution in [0.5, 0.6) is 11.5 Å². The Kier molecular flexibility index (Phi) is 3.71. The highest BCUT2D eigenvalue weighted by molar-refractivity contribution is 5.91. The summed E-state index contributed by atoms with van der Waals surface area (Å²) in [5, 5.41) is 13.2. The van der Waals surface area contributed by atoms with E-state index in [1.54, 1.807) is 13.2 Å². The van der Waals surface area contributed by atoms with Crippen LogP contribution in [0.4, 0.5) is 0 Å². The Morgan fingerprint density at radius 3 is 2.80 bits per heavy atom. The molecule has 4 rings (SSSR count). The number of amides is 1. The zero-order valence-electron chi connectivity index (χ0n) is 14.6. The van der Waals surface area contributed by atoms with Crippen LogP contribution in [-0.2, 0) is 16.6 Å². The number of nitrogens with one attached hydrogen (secondary N) is 1. The Bertz CT molecular complexity index is 839. The van der Waals surface area contributed by atoms with Gasteiger partial charge in [0, 0.05) is 0 Å². The van der Waals surface area contributed by atoms with E-state index in [9.17, 15) is 9.90 Å². The molecular formula is C21H23NO3. The number of hydrogen-bond donors (Lipinski definition) is 2. The van der Waals surface area contributed by atoms with Crippen molar-refractivity contribution in [2.45, 2.75) is 44.1 Å². The van der Waals surface area contributed by atoms with Crippen molar-refractivity contribution < 1.29 is 14.6 Å². The van der Waals surface area contributed by atoms with Crippen LogP contribution in [0.2, 0.25) is 0 Å². The third-order valence-corrected chi connectivity index (χ3v) is 5.70. The van der Waals surface area contributed by atoms with Crippen molar-refractivity contribution >= 4 is 5.91 Å². The second-order valence-electron chi connectivity index (χ2n) is 7.18. The minimum absolute atomic E-state index is 0.0144. The molecule has 4 nitrogen and oxygen atoms in total. The Morgan fingerprint density at radius 2 is 2.08 bits per heavy atom. The van der Waals surface area contributed by atoms with Gasteiger partial charge >= 0.3 is 0 Å². The molecule has 2 N–H and O–H groups in total. The van der Waals surface area contributed by atoms with Crippen molar-refractivity contribution in [2.24, 2.45) is 0 Å². The molecule has 1 atom stereocenters. The van der Waals surface area contributed by atoms with Crippen molar-refractivity contribution in [2.75, 3.05) is 7.11 Å². The predicted octanol–water partition coefficient (Wildman–Crippen LogP) is 3.54. The molecule has 1 fully saturated rings. The van der Waals surface area contributed by atoms with Gasteiger partial charge in [0.05, 0.1) is 18.6 Å². The number of ether oxygens (including phenoxy) is 1. The minimum atomic E-state index is -0.430. The smallest absolute Gasteiger partial charge is 0.231 e. The lowest BCUT2D eigenvalue weighted by Crippen LogP contribution is -2.36. The summed E-state index contributed by atoms with van der Waals surface area (Å²) in [4.78, 5) is 13.0. The van der Waals surface area contributed by atoms with Crippen molar-refractivity contribution in [3.8, 4) is 11.5 Å². The second-order valence-corrected chi connectivity index (χ2v) is 7.18. The molecule has 2 aliphatic carbocycles. The van der Waals surface area contributed by atoms with E-state index in [2.05, 4.69) is 5.32 Å². The van der Waals surface area contributed by atoms with Crippen LogP contribution in [0.25, 0.3) is 0 Å². The van der Waals surface area contributed by atoms with Crippen LogP contribution in [0, 0.1) is 6.92 Å². The monoisotopic (exact) mass is 337 g/mol. The summed E-state index contributed by atoms with van der Waals surface area (Å²) in [7, 11) is 1.66. The van der Waals surface area contributed by atoms with E-state index in [1.165, 1.54) is 0 Å². The van der Waals surface area contributed by atoms with E-state index in [0.717, 1.165) is 53.7 Å². The summed E-state index contributed by atoms with van der Waals surface area (Å²) in [6, 6.07) is 11.6. The fourth-order valence-electron chi connectivity index (χ4n) is 3.97. The van der Waals surface area contributed by atoms with Gasteiger partial charge in [-0.15, -0.1) is 0 Å². The van der Waals surface area contributed by atoms with Crippen LogP contribution in [0.15, 0.2) is 36.4 Å². The molecule has 2 aromatic carbocycles. The topological polar surface area (TPSA) is 58.6 Å². The van der Waals surface area contributed by atoms with Crippen molar-refractivity contribution in [3.05, 3.63) is 58.7 Å². The van der Waals surface area contributed by atoms with E-state index < -0.39 is 5.41 Å². The molecule has 0 saturated heterocycles. The molecule has 0 heterocycles. The maximum Gasteiger partial charge on any atom is 0.231 e. The van der Waals surface area contributed by atoms with Crippen LogP contribution in [0.3, 0.4) is 0 Å². The fourth-order valence-corrected chi connectivity index (χ4v) is 3.97. The highest BCUT2D eigenvalue weighted by atomic mass is 16.5. The number of rotatable bonds is 4. The first-order valence-corrected chi connectivity index (χ1v) is 8.82. The number of aryl methyl sites for hydroxylation is 1. The first kappa shape index (κ1) is 16.0. The average Bonchev–Trinajstić information content (AvgIpc) is 3.33. The molecule has 1 unspecified atom stereocenters. The van der Waals surface area contributed by atoms with Crippen LogP contribution >= 0.6 is 0 Å². The van der Waals surface area contributed by atoms with E-state index >= 15 is 0 Å². The lowest BCUT2D eigenvalue weighted by Gasteiger charge is -2.21. The molecule has 2 aromatic rings. The number of carbonyl (C=O) groups is 1. The third-order valence-electron chi connectivity index (χ3n) is 5.70. The summed E-state index contributed by atoms with van der Waals surface area (Å²) in [6.45, 7) is 2.00. The van der Waals surface area contributed by atoms with Crippen molar-refractivity contribution in [3.63, 3.8) is 0 Å². The number of phenolic OH excluding ortho intramolecular Hbond substituents is 1. The quantitative estimate of drug-likeness (QED) is 0.897. The van der Waals surface area contributed by atoms with Crippen LogP contribution in [0.1, 0.15) is 47.6 Å². The predicted molar refractivity (Wildman–Crippen MR) is 96.0 cm³/mol. The summed E-state index contributed by atoms with van der Waals surface area (Å²) < 4.78 is 5.42. The zero-order chi connectivity index (χ0) is 17.6. The number of methoxy groups -OCH3 is 1. The normalized spacial score (nSPS) is 20.0. The summed E-state index contributed by atoms with van der Waals surface area (Å²) in [5.41, 5.74) is 3.69. The van der Waals surface area contributed by atoms with E-state index in [1.807, 2.05) is 37.3 Å². The van der Waals surface area contributed by atoms with Gasteiger partial charge in [-0.2, -0.15) is 0 Å². The zero-order valence-corrected chi connectivity index (χ0v) is 14.6. The van der Waals surface area contributed by atoms with Crippen LogP contribution in [-0.4, -0.2) is 18.1 Å². The van der Waals surface area contributed by atoms with Gasteiger partial charge in [-0.3, -0.25) is 4.79 Å². The number of phenols is 1. The molecule has 0 bridgehead atoms. The van der Waals surface area contributed by atoms with Gasteiger partial charge < -0.3 is 15.2 Å². The van der Waals surface area contributed by atoms with Gasteiger partial charge in [-0.05, 0) is 67.0 Å². The Labute approximate surface area is 147 Å². The first-order chi connectivity index (χ1) is 12.0. The largest absolute Gasteiger partial charge is 0.508 e. The van der Waals surface area contributed by atoms with Gasteiger partial charge in [0.2, 0.25) is 5.91 Å². The molecule has 0 aromatic heterocycles. The summed E-state index contributed by atoms with van der Waals surface area (Å²) in [5.74, 6) is 1.24. The molecule has 4 heteroatoms. The molecular weight excluding hydrogens is 314 g/mol. The lowest BCUT2D eigenvalue weighted by atomic mass is 9.93. The number of aromatic hydroxyl groups is 1. The van der Waals surface area contributed by atoms with E-state index in [-0.39, 0.29) is 11.9 Å². The third kappa shape index (κ3) is 2.56. The van der Waals surface area contributed by atoms with Gasteiger partial charge in [0.1, 0.15) is 11.5 Å². The standard InChI is InChI=1S/C21H23NO3/c1-13-6-7-14(12-19(13)25-2)21(10-11-21)20(24)22-17-9-8-16-15(17)4-3-5-18(16)23/h3-7,12,17,23H,8-11H2,1-2H3,(H,22,24). The molecule has 0 aliphatic heterocycles. The Hall–Kier alpha value is -2.49. The molecule has 1 amide bonds. The van der Waals surface area contributed by atoms with E-state index in [4.69, 9.17) is 4.74 Å². The number of fused-ring (bicyclic) bond motifs is 1. The van der Waals surface area contributed by atoms with Gasteiger partial charge in [-0.1, -0.05) is 24.3 Å². The molecule has 1 saturated carbocycles. The maximum atomic E-state index is 13.0. The van der Waals surface area contributed by atoms with Crippen LogP contribution < -0.4 is 10.1 Å². The maximum absolute atomic E-state index is 13.0. The molecule has 2 aliphatic rings. The SMILES string of the molecule is COc1cc(C2(C(=O)NC3CCc4c(O)cccc43)CC2)ccc1C. The summed E-state index contributed by atoms with van der Waals surface area (Å²) in [6.07, 6.45) is 3.37. The molecule has 130 valence electrons. The lowest BCUT2D eigenvalue weighted by molar-refractivity contribution is -0.124. The van der Waals surface area contributed by atoms with Gasteiger partial charge in [0.25, 0.3) is 0 Å². The van der Waals surface area contributed by atoms with Gasteiger partial charge in [0.15, 0.2) is 0 Å². The van der Waals surface area contributed by atoms with E-state index in [0.29, 0.717) is 5.75 Å². The Morgan fingerprint density at radius 1 is 1.28 bits per heavy atom. The Balaban J connectivity index is 1.57. The number of carbonyl (C=O) groups excluding carboxylic acids is 1. The highest BCUT2D eigenvalue weighted by Crippen LogP contribution is 2.50.